The summed E-state index contributed by atoms with van der Waals surface area (Å²) in [5.41, 5.74) is 1.32. The molecule has 9 heavy (non-hydrogen) atoms. The number of hydrogen-bond donors (Lipinski definition) is 0. The second-order valence-corrected chi connectivity index (χ2v) is 2.30. The predicted octanol–water partition coefficient (Wildman–Crippen LogP) is 1.85. The second-order valence-electron chi connectivity index (χ2n) is 2.30. The molecule has 1 heteroatoms. The molecule has 1 aliphatic carbocycles. The lowest BCUT2D eigenvalue weighted by atomic mass is 9.99. The average Bonchev–Trinajstić information content (AvgIpc) is 2.33. The first-order chi connectivity index (χ1) is 4.47. The molecule has 0 atom stereocenters. The lowest BCUT2D eigenvalue weighted by Crippen LogP contribution is -1.98. The standard InChI is InChI=1S/C8H8O/c1-2-4-8-7(3-1)5-6-9-8/h5-6H,2-4H2. The molecule has 0 aromatic carbocycles. The van der Waals surface area contributed by atoms with Crippen molar-refractivity contribution in [3.05, 3.63) is 30.1 Å². The summed E-state index contributed by atoms with van der Waals surface area (Å²) in [6.07, 6.45) is 8.11. The number of furan rings is 1. The van der Waals surface area contributed by atoms with Crippen molar-refractivity contribution >= 4 is 0 Å². The Hall–Kier alpha value is -0.720. The minimum atomic E-state index is 0.978. The number of aryl methyl sites for hydroxylation is 1. The van der Waals surface area contributed by atoms with Gasteiger partial charge in [-0.3, -0.25) is 0 Å². The molecule has 0 amide bonds. The van der Waals surface area contributed by atoms with Gasteiger partial charge in [-0.25, -0.2) is 0 Å². The van der Waals surface area contributed by atoms with Crippen molar-refractivity contribution < 1.29 is 4.42 Å². The maximum Gasteiger partial charge on any atom is 0.106 e. The molecular formula is C8H8O. The highest BCUT2D eigenvalue weighted by Gasteiger charge is 2.10. The van der Waals surface area contributed by atoms with E-state index in [4.69, 9.17) is 4.42 Å². The van der Waals surface area contributed by atoms with Gasteiger partial charge in [-0.1, -0.05) is 0 Å². The van der Waals surface area contributed by atoms with E-state index in [1.54, 1.807) is 6.26 Å². The Morgan fingerprint density at radius 2 is 2.56 bits per heavy atom. The zero-order chi connectivity index (χ0) is 6.10. The number of fused-ring (bicyclic) bond motifs is 1. The van der Waals surface area contributed by atoms with Gasteiger partial charge in [0.15, 0.2) is 0 Å². The van der Waals surface area contributed by atoms with Crippen LogP contribution >= 0.6 is 0 Å². The summed E-state index contributed by atoms with van der Waals surface area (Å²) >= 11 is 0. The third-order valence-electron chi connectivity index (χ3n) is 1.68. The van der Waals surface area contributed by atoms with E-state index in [0.29, 0.717) is 0 Å². The Morgan fingerprint density at radius 3 is 3.44 bits per heavy atom. The van der Waals surface area contributed by atoms with Gasteiger partial charge in [0.2, 0.25) is 0 Å². The highest BCUT2D eigenvalue weighted by atomic mass is 16.3. The van der Waals surface area contributed by atoms with Crippen LogP contribution in [-0.4, -0.2) is 0 Å². The SMILES string of the molecule is [C]1CCc2occc2C1. The van der Waals surface area contributed by atoms with Crippen molar-refractivity contribution in [3.8, 4) is 0 Å². The third kappa shape index (κ3) is 0.766. The molecule has 0 N–H and O–H groups in total. The highest BCUT2D eigenvalue weighted by Crippen LogP contribution is 2.20. The molecule has 0 saturated carbocycles. The first-order valence-corrected chi connectivity index (χ1v) is 3.23. The van der Waals surface area contributed by atoms with Crippen LogP contribution in [0.3, 0.4) is 0 Å². The van der Waals surface area contributed by atoms with Crippen molar-refractivity contribution in [2.45, 2.75) is 19.3 Å². The van der Waals surface area contributed by atoms with Crippen molar-refractivity contribution in [1.82, 2.24) is 0 Å². The molecule has 1 heterocycles. The lowest BCUT2D eigenvalue weighted by Gasteiger charge is -2.06. The molecule has 1 aromatic rings. The third-order valence-corrected chi connectivity index (χ3v) is 1.68. The maximum absolute atomic E-state index is 5.22. The molecule has 0 aliphatic heterocycles. The molecule has 0 fully saturated rings. The van der Waals surface area contributed by atoms with E-state index in [1.165, 1.54) is 5.56 Å². The zero-order valence-corrected chi connectivity index (χ0v) is 5.18. The summed E-state index contributed by atoms with van der Waals surface area (Å²) in [5, 5.41) is 0. The second kappa shape index (κ2) is 1.90. The van der Waals surface area contributed by atoms with Gasteiger partial charge in [-0.05, 0) is 30.9 Å². The van der Waals surface area contributed by atoms with Crippen LogP contribution in [-0.2, 0) is 12.8 Å². The fraction of sp³-hybridized carbons (Fsp3) is 0.375. The summed E-state index contributed by atoms with van der Waals surface area (Å²) < 4.78 is 5.22. The summed E-state index contributed by atoms with van der Waals surface area (Å²) in [5.74, 6) is 1.16. The van der Waals surface area contributed by atoms with Crippen LogP contribution in [0.4, 0.5) is 0 Å². The molecule has 46 valence electrons. The van der Waals surface area contributed by atoms with Crippen LogP contribution in [0.25, 0.3) is 0 Å². The van der Waals surface area contributed by atoms with Crippen molar-refractivity contribution in [1.29, 1.82) is 0 Å². The zero-order valence-electron chi connectivity index (χ0n) is 5.18. The van der Waals surface area contributed by atoms with E-state index in [0.717, 1.165) is 25.0 Å². The molecule has 0 spiro atoms. The van der Waals surface area contributed by atoms with Crippen molar-refractivity contribution in [2.24, 2.45) is 0 Å². The van der Waals surface area contributed by atoms with Gasteiger partial charge in [0.05, 0.1) is 6.26 Å². The van der Waals surface area contributed by atoms with Crippen molar-refractivity contribution in [3.63, 3.8) is 0 Å². The van der Waals surface area contributed by atoms with Gasteiger partial charge in [0.1, 0.15) is 5.76 Å². The molecule has 1 nitrogen and oxygen atoms in total. The van der Waals surface area contributed by atoms with Crippen molar-refractivity contribution in [2.75, 3.05) is 0 Å². The normalized spacial score (nSPS) is 17.3. The fourth-order valence-corrected chi connectivity index (χ4v) is 1.17. The van der Waals surface area contributed by atoms with Gasteiger partial charge in [0.25, 0.3) is 0 Å². The maximum atomic E-state index is 5.22. The molecular weight excluding hydrogens is 112 g/mol. The Labute approximate surface area is 54.7 Å². The molecule has 0 unspecified atom stereocenters. The van der Waals surface area contributed by atoms with Crippen LogP contribution in [0, 0.1) is 6.42 Å². The van der Waals surface area contributed by atoms with Gasteiger partial charge < -0.3 is 4.42 Å². The summed E-state index contributed by atoms with van der Waals surface area (Å²) in [4.78, 5) is 0. The van der Waals surface area contributed by atoms with Crippen LogP contribution < -0.4 is 0 Å². The number of rotatable bonds is 0. The monoisotopic (exact) mass is 120 g/mol. The smallest absolute Gasteiger partial charge is 0.106 e. The first-order valence-electron chi connectivity index (χ1n) is 3.23. The van der Waals surface area contributed by atoms with Gasteiger partial charge >= 0.3 is 0 Å². The Morgan fingerprint density at radius 1 is 1.56 bits per heavy atom. The minimum absolute atomic E-state index is 0.978. The van der Waals surface area contributed by atoms with Crippen LogP contribution in [0.5, 0.6) is 0 Å². The summed E-state index contributed by atoms with van der Waals surface area (Å²) in [6.45, 7) is 0. The topological polar surface area (TPSA) is 13.1 Å². The average molecular weight is 120 g/mol. The Balaban J connectivity index is 2.39. The highest BCUT2D eigenvalue weighted by molar-refractivity contribution is 5.22. The predicted molar refractivity (Wildman–Crippen MR) is 34.0 cm³/mol. The number of hydrogen-bond acceptors (Lipinski definition) is 1. The van der Waals surface area contributed by atoms with Gasteiger partial charge in [-0.15, -0.1) is 0 Å². The lowest BCUT2D eigenvalue weighted by molar-refractivity contribution is 0.495. The molecule has 1 aliphatic rings. The van der Waals surface area contributed by atoms with Gasteiger partial charge in [0, 0.05) is 6.42 Å². The van der Waals surface area contributed by atoms with E-state index in [2.05, 4.69) is 6.42 Å². The summed E-state index contributed by atoms with van der Waals surface area (Å²) in [7, 11) is 0. The van der Waals surface area contributed by atoms with E-state index in [1.807, 2.05) is 6.07 Å². The fourth-order valence-electron chi connectivity index (χ4n) is 1.17. The van der Waals surface area contributed by atoms with Crippen LogP contribution in [0.15, 0.2) is 16.7 Å². The van der Waals surface area contributed by atoms with E-state index >= 15 is 0 Å². The Kier molecular flexibility index (Phi) is 1.08. The van der Waals surface area contributed by atoms with Crippen LogP contribution in [0.1, 0.15) is 17.7 Å². The van der Waals surface area contributed by atoms with E-state index < -0.39 is 0 Å². The quantitative estimate of drug-likeness (QED) is 0.509. The largest absolute Gasteiger partial charge is 0.469 e. The molecule has 2 rings (SSSR count). The summed E-state index contributed by atoms with van der Waals surface area (Å²) in [6, 6.07) is 2.03. The Bertz CT molecular complexity index is 180. The van der Waals surface area contributed by atoms with E-state index in [-0.39, 0.29) is 0 Å². The van der Waals surface area contributed by atoms with Crippen LogP contribution in [0.2, 0.25) is 0 Å². The molecule has 0 bridgehead atoms. The van der Waals surface area contributed by atoms with Gasteiger partial charge in [-0.2, -0.15) is 0 Å². The molecule has 1 aromatic heterocycles. The first kappa shape index (κ1) is 5.10. The van der Waals surface area contributed by atoms with E-state index in [9.17, 15) is 0 Å². The molecule has 2 radical (unpaired) electrons. The minimum Gasteiger partial charge on any atom is -0.469 e. The molecule has 0 saturated heterocycles.